The Bertz CT molecular complexity index is 1420. The monoisotopic (exact) mass is 474 g/mol. The van der Waals surface area contributed by atoms with Crippen LogP contribution in [-0.4, -0.2) is 57.8 Å². The van der Waals surface area contributed by atoms with Crippen molar-refractivity contribution in [1.29, 1.82) is 0 Å². The Morgan fingerprint density at radius 1 is 1.20 bits per heavy atom. The number of aliphatic hydroxyl groups excluding tert-OH is 1. The van der Waals surface area contributed by atoms with Gasteiger partial charge in [0, 0.05) is 37.5 Å². The predicted molar refractivity (Wildman–Crippen MR) is 128 cm³/mol. The third kappa shape index (κ3) is 3.86. The molecule has 1 saturated heterocycles. The Morgan fingerprint density at radius 2 is 2.11 bits per heavy atom. The average molecular weight is 474 g/mol. The highest BCUT2D eigenvalue weighted by atomic mass is 19.1. The number of carbonyl (C=O) groups excluding carboxylic acids is 1. The van der Waals surface area contributed by atoms with E-state index in [-0.39, 0.29) is 24.4 Å². The van der Waals surface area contributed by atoms with Gasteiger partial charge in [-0.1, -0.05) is 6.07 Å². The van der Waals surface area contributed by atoms with Crippen LogP contribution < -0.4 is 15.5 Å². The van der Waals surface area contributed by atoms with E-state index in [0.717, 1.165) is 29.1 Å². The first kappa shape index (κ1) is 21.5. The number of anilines is 3. The molecule has 5 heterocycles. The van der Waals surface area contributed by atoms with E-state index in [2.05, 4.69) is 25.5 Å². The normalized spacial score (nSPS) is 17.5. The van der Waals surface area contributed by atoms with Crippen molar-refractivity contribution < 1.29 is 19.0 Å². The molecule has 1 atom stereocenters. The molecule has 0 bridgehead atoms. The van der Waals surface area contributed by atoms with Crippen LogP contribution in [0.15, 0.2) is 55.0 Å². The van der Waals surface area contributed by atoms with Crippen LogP contribution in [0.2, 0.25) is 0 Å². The van der Waals surface area contributed by atoms with Crippen LogP contribution in [-0.2, 0) is 11.3 Å². The van der Waals surface area contributed by atoms with Gasteiger partial charge in [-0.2, -0.15) is 0 Å². The summed E-state index contributed by atoms with van der Waals surface area (Å²) in [5, 5.41) is 15.6. The second-order valence-corrected chi connectivity index (χ2v) is 8.56. The number of nitrogens with zero attached hydrogens (tertiary/aromatic N) is 4. The molecule has 3 N–H and O–H groups in total. The maximum absolute atomic E-state index is 13.6. The van der Waals surface area contributed by atoms with Crippen LogP contribution >= 0.6 is 0 Å². The fourth-order valence-corrected chi connectivity index (χ4v) is 4.70. The number of aliphatic hydroxyl groups is 1. The molecule has 9 nitrogen and oxygen atoms in total. The fraction of sp³-hybridized carbons (Fsp3) is 0.240. The lowest BCUT2D eigenvalue weighted by Crippen LogP contribution is -2.44. The number of pyridine rings is 2. The molecule has 0 unspecified atom stereocenters. The van der Waals surface area contributed by atoms with Gasteiger partial charge in [0.15, 0.2) is 0 Å². The highest BCUT2D eigenvalue weighted by Crippen LogP contribution is 2.35. The van der Waals surface area contributed by atoms with Gasteiger partial charge in [0.2, 0.25) is 0 Å². The molecular weight excluding hydrogens is 451 g/mol. The minimum Gasteiger partial charge on any atom is -0.394 e. The van der Waals surface area contributed by atoms with E-state index in [1.807, 2.05) is 28.7 Å². The summed E-state index contributed by atoms with van der Waals surface area (Å²) in [4.78, 5) is 23.7. The molecule has 0 spiro atoms. The number of halogens is 1. The fourth-order valence-electron chi connectivity index (χ4n) is 4.70. The van der Waals surface area contributed by atoms with E-state index >= 15 is 0 Å². The number of nitrogens with one attached hydrogen (secondary N) is 2. The zero-order valence-corrected chi connectivity index (χ0v) is 18.7. The van der Waals surface area contributed by atoms with Crippen LogP contribution in [0.1, 0.15) is 15.9 Å². The van der Waals surface area contributed by atoms with Gasteiger partial charge in [-0.15, -0.1) is 0 Å². The summed E-state index contributed by atoms with van der Waals surface area (Å²) < 4.78 is 20.9. The maximum atomic E-state index is 13.6. The molecule has 6 rings (SSSR count). The van der Waals surface area contributed by atoms with E-state index < -0.39 is 0 Å². The van der Waals surface area contributed by atoms with Gasteiger partial charge < -0.3 is 25.4 Å². The highest BCUT2D eigenvalue weighted by Gasteiger charge is 2.27. The molecule has 2 aliphatic heterocycles. The first-order valence-corrected chi connectivity index (χ1v) is 11.4. The summed E-state index contributed by atoms with van der Waals surface area (Å²) in [6.45, 7) is 2.27. The molecule has 35 heavy (non-hydrogen) atoms. The van der Waals surface area contributed by atoms with Crippen LogP contribution in [0.25, 0.3) is 16.9 Å². The summed E-state index contributed by atoms with van der Waals surface area (Å²) in [5.41, 5.74) is 5.16. The summed E-state index contributed by atoms with van der Waals surface area (Å²) >= 11 is 0. The van der Waals surface area contributed by atoms with E-state index in [0.29, 0.717) is 42.4 Å². The Hall–Kier alpha value is -4.02. The standard InChI is InChI=1S/C25H23FN6O3/c26-15-5-6-32-21(12-28-23(32)9-15)18-2-3-20(24-19(18)11-29-25(24)34)30-22-4-1-16(10-27-22)31-7-8-35-17(13-31)14-33/h1-6,9-10,12,17,33H,7-8,11,13-14H2,(H,27,30)(H,29,34)/t17-/m1/s1. The number of imidazole rings is 1. The lowest BCUT2D eigenvalue weighted by Gasteiger charge is -2.33. The van der Waals surface area contributed by atoms with Crippen molar-refractivity contribution in [1.82, 2.24) is 19.7 Å². The summed E-state index contributed by atoms with van der Waals surface area (Å²) in [5.74, 6) is 0.0986. The molecule has 1 fully saturated rings. The summed E-state index contributed by atoms with van der Waals surface area (Å²) in [7, 11) is 0. The average Bonchev–Trinajstić information content (AvgIpc) is 3.48. The number of carbonyl (C=O) groups is 1. The highest BCUT2D eigenvalue weighted by molar-refractivity contribution is 6.06. The number of ether oxygens (including phenoxy) is 1. The topological polar surface area (TPSA) is 104 Å². The lowest BCUT2D eigenvalue weighted by atomic mass is 9.99. The Morgan fingerprint density at radius 3 is 2.94 bits per heavy atom. The van der Waals surface area contributed by atoms with E-state index in [4.69, 9.17) is 4.74 Å². The quantitative estimate of drug-likeness (QED) is 0.409. The number of morpholine rings is 1. The second kappa shape index (κ2) is 8.64. The second-order valence-electron chi connectivity index (χ2n) is 8.56. The zero-order valence-electron chi connectivity index (χ0n) is 18.7. The van der Waals surface area contributed by atoms with Crippen LogP contribution in [0.5, 0.6) is 0 Å². The molecule has 0 radical (unpaired) electrons. The summed E-state index contributed by atoms with van der Waals surface area (Å²) in [6, 6.07) is 10.4. The van der Waals surface area contributed by atoms with E-state index in [1.54, 1.807) is 18.6 Å². The van der Waals surface area contributed by atoms with Crippen molar-refractivity contribution >= 4 is 28.7 Å². The molecule has 1 aromatic carbocycles. The molecule has 0 saturated carbocycles. The lowest BCUT2D eigenvalue weighted by molar-refractivity contribution is 0.00355. The third-order valence-electron chi connectivity index (χ3n) is 6.44. The number of hydrogen-bond acceptors (Lipinski definition) is 7. The number of fused-ring (bicyclic) bond motifs is 2. The van der Waals surface area contributed by atoms with Crippen LogP contribution in [0.3, 0.4) is 0 Å². The van der Waals surface area contributed by atoms with E-state index in [9.17, 15) is 14.3 Å². The Kier molecular flexibility index (Phi) is 5.31. The number of hydrogen-bond donors (Lipinski definition) is 3. The van der Waals surface area contributed by atoms with E-state index in [1.165, 1.54) is 12.1 Å². The van der Waals surface area contributed by atoms with Gasteiger partial charge in [-0.05, 0) is 29.8 Å². The van der Waals surface area contributed by atoms with Gasteiger partial charge in [-0.25, -0.2) is 14.4 Å². The Balaban J connectivity index is 1.30. The zero-order chi connectivity index (χ0) is 23.9. The molecule has 178 valence electrons. The molecule has 0 aliphatic carbocycles. The minimum absolute atomic E-state index is 0.0152. The first-order valence-electron chi connectivity index (χ1n) is 11.4. The van der Waals surface area contributed by atoms with Gasteiger partial charge in [0.1, 0.15) is 17.3 Å². The molecule has 10 heteroatoms. The van der Waals surface area contributed by atoms with Gasteiger partial charge >= 0.3 is 0 Å². The van der Waals surface area contributed by atoms with Crippen LogP contribution in [0.4, 0.5) is 21.6 Å². The van der Waals surface area contributed by atoms with Gasteiger partial charge in [0.25, 0.3) is 5.91 Å². The smallest absolute Gasteiger partial charge is 0.254 e. The minimum atomic E-state index is -0.350. The van der Waals surface area contributed by atoms with Crippen LogP contribution in [0, 0.1) is 5.82 Å². The van der Waals surface area contributed by atoms with Crippen molar-refractivity contribution in [3.63, 3.8) is 0 Å². The molecule has 2 aliphatic rings. The molecule has 4 aromatic rings. The predicted octanol–water partition coefficient (Wildman–Crippen LogP) is 2.72. The summed E-state index contributed by atoms with van der Waals surface area (Å²) in [6.07, 6.45) is 4.90. The molecule has 3 aromatic heterocycles. The van der Waals surface area contributed by atoms with Crippen molar-refractivity contribution in [2.24, 2.45) is 0 Å². The van der Waals surface area contributed by atoms with Gasteiger partial charge in [-0.3, -0.25) is 9.20 Å². The van der Waals surface area contributed by atoms with Crippen molar-refractivity contribution in [2.75, 3.05) is 36.5 Å². The maximum Gasteiger partial charge on any atom is 0.254 e. The van der Waals surface area contributed by atoms with Crippen molar-refractivity contribution in [2.45, 2.75) is 12.6 Å². The molecular formula is C25H23FN6O3. The number of amides is 1. The van der Waals surface area contributed by atoms with Gasteiger partial charge in [0.05, 0.1) is 54.3 Å². The van der Waals surface area contributed by atoms with Crippen molar-refractivity contribution in [3.05, 3.63) is 71.9 Å². The SMILES string of the molecule is O=C1NCc2c(-c3cnc4cc(F)ccn34)ccc(Nc3ccc(N4CCO[C@@H](CO)C4)cn3)c21. The number of aromatic nitrogens is 3. The largest absolute Gasteiger partial charge is 0.394 e. The van der Waals surface area contributed by atoms with Crippen molar-refractivity contribution in [3.8, 4) is 11.3 Å². The Labute approximate surface area is 200 Å². The number of benzene rings is 1. The first-order chi connectivity index (χ1) is 17.1. The molecule has 1 amide bonds. The number of rotatable bonds is 5. The third-order valence-corrected chi connectivity index (χ3v) is 6.44.